The van der Waals surface area contributed by atoms with E-state index >= 15 is 0 Å². The van der Waals surface area contributed by atoms with Crippen molar-refractivity contribution in [1.29, 1.82) is 5.26 Å². The van der Waals surface area contributed by atoms with Gasteiger partial charge in [-0.2, -0.15) is 5.26 Å². The van der Waals surface area contributed by atoms with Gasteiger partial charge in [-0.25, -0.2) is 4.39 Å². The van der Waals surface area contributed by atoms with Gasteiger partial charge in [0.2, 0.25) is 0 Å². The Bertz CT molecular complexity index is 615. The van der Waals surface area contributed by atoms with Gasteiger partial charge >= 0.3 is 0 Å². The Labute approximate surface area is 116 Å². The zero-order chi connectivity index (χ0) is 15.3. The second kappa shape index (κ2) is 6.48. The highest BCUT2D eigenvalue weighted by molar-refractivity contribution is 6.22. The smallest absolute Gasteiger partial charge is 0.260 e. The van der Waals surface area contributed by atoms with Crippen molar-refractivity contribution >= 4 is 17.4 Å². The van der Waals surface area contributed by atoms with E-state index in [1.807, 2.05) is 0 Å². The summed E-state index contributed by atoms with van der Waals surface area (Å²) in [6.07, 6.45) is 1.34. The average Bonchev–Trinajstić information content (AvgIpc) is 2.37. The van der Waals surface area contributed by atoms with E-state index in [0.29, 0.717) is 0 Å². The van der Waals surface area contributed by atoms with Gasteiger partial charge in [0.1, 0.15) is 11.9 Å². The predicted octanol–water partition coefficient (Wildman–Crippen LogP) is 1.67. The summed E-state index contributed by atoms with van der Waals surface area (Å²) >= 11 is 0. The minimum absolute atomic E-state index is 0.00824. The molecule has 1 aromatic carbocycles. The lowest BCUT2D eigenvalue weighted by Gasteiger charge is -2.11. The molecule has 0 aliphatic heterocycles. The normalized spacial score (nSPS) is 10.7. The predicted molar refractivity (Wildman–Crippen MR) is 72.2 cm³/mol. The Morgan fingerprint density at radius 3 is 2.55 bits per heavy atom. The number of Topliss-reactive ketones (excluding diaryl/α,β-unsaturated/α-hetero) is 1. The van der Waals surface area contributed by atoms with Gasteiger partial charge < -0.3 is 10.2 Å². The maximum Gasteiger partial charge on any atom is 0.260 e. The van der Waals surface area contributed by atoms with Crippen LogP contribution < -0.4 is 5.32 Å². The van der Waals surface area contributed by atoms with Crippen LogP contribution in [0.25, 0.3) is 0 Å². The Morgan fingerprint density at radius 1 is 1.40 bits per heavy atom. The average molecular weight is 275 g/mol. The van der Waals surface area contributed by atoms with E-state index in [2.05, 4.69) is 5.32 Å². The van der Waals surface area contributed by atoms with Crippen molar-refractivity contribution in [3.05, 3.63) is 41.4 Å². The highest BCUT2D eigenvalue weighted by Gasteiger charge is 2.18. The van der Waals surface area contributed by atoms with Gasteiger partial charge in [-0.1, -0.05) is 6.07 Å². The first-order chi connectivity index (χ1) is 9.36. The summed E-state index contributed by atoms with van der Waals surface area (Å²) in [4.78, 5) is 25.0. The first-order valence-electron chi connectivity index (χ1n) is 5.76. The fourth-order valence-electron chi connectivity index (χ4n) is 1.49. The number of rotatable bonds is 4. The van der Waals surface area contributed by atoms with Crippen LogP contribution in [0.2, 0.25) is 0 Å². The SMILES string of the molecule is CC(=O)/C(=C\N(C)C)C(=O)Nc1c(F)cccc1C#N. The fraction of sp³-hybridized carbons (Fsp3) is 0.214. The van der Waals surface area contributed by atoms with Crippen LogP contribution in [0.3, 0.4) is 0 Å². The number of anilines is 1. The zero-order valence-electron chi connectivity index (χ0n) is 11.4. The third-order valence-electron chi connectivity index (χ3n) is 2.38. The van der Waals surface area contributed by atoms with E-state index in [1.54, 1.807) is 20.2 Å². The molecule has 0 spiro atoms. The minimum atomic E-state index is -0.757. The van der Waals surface area contributed by atoms with Crippen molar-refractivity contribution in [2.45, 2.75) is 6.92 Å². The molecule has 20 heavy (non-hydrogen) atoms. The zero-order valence-corrected chi connectivity index (χ0v) is 11.4. The lowest BCUT2D eigenvalue weighted by Crippen LogP contribution is -2.22. The molecule has 0 aromatic heterocycles. The molecule has 0 atom stereocenters. The molecule has 1 aromatic rings. The molecule has 5 nitrogen and oxygen atoms in total. The number of amides is 1. The minimum Gasteiger partial charge on any atom is -0.383 e. The van der Waals surface area contributed by atoms with Gasteiger partial charge in [0, 0.05) is 20.3 Å². The number of benzene rings is 1. The van der Waals surface area contributed by atoms with Crippen LogP contribution in [0.15, 0.2) is 30.0 Å². The number of halogens is 1. The monoisotopic (exact) mass is 275 g/mol. The van der Waals surface area contributed by atoms with Gasteiger partial charge in [-0.3, -0.25) is 9.59 Å². The molecule has 1 amide bonds. The van der Waals surface area contributed by atoms with E-state index < -0.39 is 17.5 Å². The highest BCUT2D eigenvalue weighted by Crippen LogP contribution is 2.19. The lowest BCUT2D eigenvalue weighted by atomic mass is 10.1. The van der Waals surface area contributed by atoms with Gasteiger partial charge in [0.25, 0.3) is 5.91 Å². The van der Waals surface area contributed by atoms with Crippen LogP contribution in [0.1, 0.15) is 12.5 Å². The van der Waals surface area contributed by atoms with Crippen LogP contribution in [0.5, 0.6) is 0 Å². The molecule has 0 aliphatic carbocycles. The van der Waals surface area contributed by atoms with E-state index in [0.717, 1.165) is 6.07 Å². The van der Waals surface area contributed by atoms with Crippen LogP contribution >= 0.6 is 0 Å². The van der Waals surface area contributed by atoms with Crippen molar-refractivity contribution in [3.8, 4) is 6.07 Å². The molecular formula is C14H14FN3O2. The van der Waals surface area contributed by atoms with Crippen LogP contribution in [-0.2, 0) is 9.59 Å². The van der Waals surface area contributed by atoms with E-state index in [1.165, 1.54) is 30.2 Å². The topological polar surface area (TPSA) is 73.2 Å². The van der Waals surface area contributed by atoms with Gasteiger partial charge in [0.15, 0.2) is 5.78 Å². The molecule has 0 aliphatic rings. The molecule has 0 heterocycles. The number of nitrogens with zero attached hydrogens (tertiary/aromatic N) is 2. The molecule has 1 rings (SSSR count). The summed E-state index contributed by atoms with van der Waals surface area (Å²) in [5.74, 6) is -1.94. The molecule has 6 heteroatoms. The van der Waals surface area contributed by atoms with Crippen LogP contribution in [0.4, 0.5) is 10.1 Å². The number of ketones is 1. The fourth-order valence-corrected chi connectivity index (χ4v) is 1.49. The molecule has 0 saturated heterocycles. The third kappa shape index (κ3) is 3.65. The first-order valence-corrected chi connectivity index (χ1v) is 5.76. The maximum absolute atomic E-state index is 13.6. The van der Waals surface area contributed by atoms with Gasteiger partial charge in [0.05, 0.1) is 16.8 Å². The van der Waals surface area contributed by atoms with Crippen molar-refractivity contribution in [2.24, 2.45) is 0 Å². The molecule has 0 fully saturated rings. The number of carbonyl (C=O) groups is 2. The largest absolute Gasteiger partial charge is 0.383 e. The van der Waals surface area contributed by atoms with Crippen molar-refractivity contribution < 1.29 is 14.0 Å². The molecule has 0 radical (unpaired) electrons. The Hall–Kier alpha value is -2.68. The van der Waals surface area contributed by atoms with Crippen molar-refractivity contribution in [2.75, 3.05) is 19.4 Å². The summed E-state index contributed by atoms with van der Waals surface area (Å²) in [7, 11) is 3.31. The van der Waals surface area contributed by atoms with Crippen molar-refractivity contribution in [3.63, 3.8) is 0 Å². The molecule has 0 unspecified atom stereocenters. The summed E-state index contributed by atoms with van der Waals surface area (Å²) in [5.41, 5.74) is -0.362. The van der Waals surface area contributed by atoms with Crippen molar-refractivity contribution in [1.82, 2.24) is 4.90 Å². The number of nitrogens with one attached hydrogen (secondary N) is 1. The summed E-state index contributed by atoms with van der Waals surface area (Å²) in [6, 6.07) is 5.65. The van der Waals surface area contributed by atoms with Crippen LogP contribution in [-0.4, -0.2) is 30.7 Å². The molecule has 0 bridgehead atoms. The Morgan fingerprint density at radius 2 is 2.05 bits per heavy atom. The Balaban J connectivity index is 3.13. The number of para-hydroxylation sites is 1. The molecule has 104 valence electrons. The second-order valence-corrected chi connectivity index (χ2v) is 4.29. The van der Waals surface area contributed by atoms with E-state index in [9.17, 15) is 14.0 Å². The van der Waals surface area contributed by atoms with E-state index in [-0.39, 0.29) is 16.8 Å². The van der Waals surface area contributed by atoms with Gasteiger partial charge in [-0.05, 0) is 19.1 Å². The van der Waals surface area contributed by atoms with E-state index in [4.69, 9.17) is 5.26 Å². The standard InChI is InChI=1S/C14H14FN3O2/c1-9(19)11(8-18(2)3)14(20)17-13-10(7-16)5-4-6-12(13)15/h4-6,8H,1-3H3,(H,17,20)/b11-8+. The van der Waals surface area contributed by atoms with Crippen LogP contribution in [0, 0.1) is 17.1 Å². The maximum atomic E-state index is 13.6. The number of hydrogen-bond acceptors (Lipinski definition) is 4. The Kier molecular flexibility index (Phi) is 4.98. The number of carbonyl (C=O) groups excluding carboxylic acids is 2. The number of nitriles is 1. The third-order valence-corrected chi connectivity index (χ3v) is 2.38. The quantitative estimate of drug-likeness (QED) is 0.515. The highest BCUT2D eigenvalue weighted by atomic mass is 19.1. The second-order valence-electron chi connectivity index (χ2n) is 4.29. The molecule has 1 N–H and O–H groups in total. The summed E-state index contributed by atoms with van der Waals surface area (Å²) < 4.78 is 13.6. The lowest BCUT2D eigenvalue weighted by molar-refractivity contribution is -0.119. The summed E-state index contributed by atoms with van der Waals surface area (Å²) in [6.45, 7) is 1.24. The summed E-state index contributed by atoms with van der Waals surface area (Å²) in [5, 5.41) is 11.2. The number of hydrogen-bond donors (Lipinski definition) is 1. The first kappa shape index (κ1) is 15.4. The molecule has 0 saturated carbocycles. The van der Waals surface area contributed by atoms with Gasteiger partial charge in [-0.15, -0.1) is 0 Å². The molecular weight excluding hydrogens is 261 g/mol.